The molecule has 0 radical (unpaired) electrons. The molecule has 1 aromatic rings. The number of rotatable bonds is 5. The van der Waals surface area contributed by atoms with Crippen molar-refractivity contribution in [2.24, 2.45) is 5.92 Å². The minimum atomic E-state index is -0.640. The molecule has 102 valence electrons. The van der Waals surface area contributed by atoms with Crippen LogP contribution in [0.25, 0.3) is 0 Å². The van der Waals surface area contributed by atoms with Gasteiger partial charge >= 0.3 is 5.97 Å². The maximum Gasteiger partial charge on any atom is 0.328 e. The quantitative estimate of drug-likeness (QED) is 0.840. The van der Waals surface area contributed by atoms with Gasteiger partial charge in [0.15, 0.2) is 0 Å². The minimum Gasteiger partial charge on any atom is -0.467 e. The summed E-state index contributed by atoms with van der Waals surface area (Å²) in [5, 5.41) is 3.39. The first-order chi connectivity index (χ1) is 9.10. The summed E-state index contributed by atoms with van der Waals surface area (Å²) in [6.45, 7) is 0. The normalized spacial score (nSPS) is 15.7. The molecule has 4 nitrogen and oxygen atoms in total. The number of nitrogens with one attached hydrogen (secondary N) is 1. The molecule has 0 spiro atoms. The summed E-state index contributed by atoms with van der Waals surface area (Å²) in [5.74, 6) is -0.425. The predicted molar refractivity (Wildman–Crippen MR) is 71.8 cm³/mol. The first kappa shape index (κ1) is 13.9. The number of carbonyl (C=O) groups is 2. The SMILES string of the molecule is COC(=O)[C@H](Cc1ccc(Cl)cc1)NC(=O)C1CC1. The Labute approximate surface area is 117 Å². The number of methoxy groups -OCH3 is 1. The van der Waals surface area contributed by atoms with E-state index in [0.29, 0.717) is 11.4 Å². The lowest BCUT2D eigenvalue weighted by molar-refractivity contribution is -0.145. The molecule has 0 aliphatic heterocycles. The van der Waals surface area contributed by atoms with Crippen molar-refractivity contribution >= 4 is 23.5 Å². The fourth-order valence-corrected chi connectivity index (χ4v) is 1.95. The maximum atomic E-state index is 11.7. The highest BCUT2D eigenvalue weighted by Crippen LogP contribution is 2.29. The first-order valence-corrected chi connectivity index (χ1v) is 6.60. The van der Waals surface area contributed by atoms with E-state index >= 15 is 0 Å². The van der Waals surface area contributed by atoms with Crippen LogP contribution in [0, 0.1) is 5.92 Å². The van der Waals surface area contributed by atoms with Crippen molar-refractivity contribution in [1.29, 1.82) is 0 Å². The van der Waals surface area contributed by atoms with Crippen LogP contribution in [0.5, 0.6) is 0 Å². The molecule has 0 saturated heterocycles. The molecule has 19 heavy (non-hydrogen) atoms. The summed E-state index contributed by atoms with van der Waals surface area (Å²) >= 11 is 5.81. The largest absolute Gasteiger partial charge is 0.467 e. The van der Waals surface area contributed by atoms with E-state index in [9.17, 15) is 9.59 Å². The molecule has 1 aliphatic carbocycles. The molecule has 5 heteroatoms. The molecule has 1 aliphatic rings. The average molecular weight is 282 g/mol. The maximum absolute atomic E-state index is 11.7. The van der Waals surface area contributed by atoms with Crippen LogP contribution in [0.15, 0.2) is 24.3 Å². The standard InChI is InChI=1S/C14H16ClNO3/c1-19-14(18)12(16-13(17)10-4-5-10)8-9-2-6-11(15)7-3-9/h2-3,6-7,10,12H,4-5,8H2,1H3,(H,16,17)/t12-/m0/s1. The van der Waals surface area contributed by atoms with Crippen LogP contribution in [0.2, 0.25) is 5.02 Å². The van der Waals surface area contributed by atoms with Gasteiger partial charge in [-0.1, -0.05) is 23.7 Å². The zero-order valence-corrected chi connectivity index (χ0v) is 11.4. The Hall–Kier alpha value is -1.55. The zero-order chi connectivity index (χ0) is 13.8. The summed E-state index contributed by atoms with van der Waals surface area (Å²) in [4.78, 5) is 23.4. The molecule has 0 aromatic heterocycles. The first-order valence-electron chi connectivity index (χ1n) is 6.23. The third-order valence-electron chi connectivity index (χ3n) is 3.10. The lowest BCUT2D eigenvalue weighted by Crippen LogP contribution is -2.43. The van der Waals surface area contributed by atoms with Gasteiger partial charge in [-0.2, -0.15) is 0 Å². The monoisotopic (exact) mass is 281 g/mol. The van der Waals surface area contributed by atoms with Gasteiger partial charge in [0, 0.05) is 17.4 Å². The Morgan fingerprint density at radius 3 is 2.53 bits per heavy atom. The van der Waals surface area contributed by atoms with E-state index in [2.05, 4.69) is 5.32 Å². The van der Waals surface area contributed by atoms with Gasteiger partial charge in [0.2, 0.25) is 5.91 Å². The summed E-state index contributed by atoms with van der Waals surface area (Å²) in [6, 6.07) is 6.55. The van der Waals surface area contributed by atoms with E-state index in [-0.39, 0.29) is 11.8 Å². The Morgan fingerprint density at radius 2 is 2.00 bits per heavy atom. The molecule has 1 amide bonds. The zero-order valence-electron chi connectivity index (χ0n) is 10.7. The molecule has 1 atom stereocenters. The molecule has 1 saturated carbocycles. The van der Waals surface area contributed by atoms with Crippen LogP contribution in [0.3, 0.4) is 0 Å². The lowest BCUT2D eigenvalue weighted by Gasteiger charge is -2.16. The van der Waals surface area contributed by atoms with Gasteiger partial charge < -0.3 is 10.1 Å². The topological polar surface area (TPSA) is 55.4 Å². The van der Waals surface area contributed by atoms with Gasteiger partial charge in [0.25, 0.3) is 0 Å². The number of carbonyl (C=O) groups excluding carboxylic acids is 2. The number of esters is 1. The number of hydrogen-bond donors (Lipinski definition) is 1. The number of benzene rings is 1. The summed E-state index contributed by atoms with van der Waals surface area (Å²) in [5.41, 5.74) is 0.927. The van der Waals surface area contributed by atoms with Crippen molar-refractivity contribution < 1.29 is 14.3 Å². The molecule has 1 aromatic carbocycles. The number of hydrogen-bond acceptors (Lipinski definition) is 3. The number of halogens is 1. The fourth-order valence-electron chi connectivity index (χ4n) is 1.83. The van der Waals surface area contributed by atoms with Crippen molar-refractivity contribution in [1.82, 2.24) is 5.32 Å². The van der Waals surface area contributed by atoms with E-state index in [4.69, 9.17) is 16.3 Å². The smallest absolute Gasteiger partial charge is 0.328 e. The van der Waals surface area contributed by atoms with E-state index in [0.717, 1.165) is 18.4 Å². The van der Waals surface area contributed by atoms with Crippen LogP contribution in [0.4, 0.5) is 0 Å². The van der Waals surface area contributed by atoms with Crippen LogP contribution < -0.4 is 5.32 Å². The molecule has 0 unspecified atom stereocenters. The summed E-state index contributed by atoms with van der Waals surface area (Å²) in [7, 11) is 1.32. The second kappa shape index (κ2) is 6.06. The molecular formula is C14H16ClNO3. The van der Waals surface area contributed by atoms with Gasteiger partial charge in [0.1, 0.15) is 6.04 Å². The van der Waals surface area contributed by atoms with Crippen molar-refractivity contribution in [3.63, 3.8) is 0 Å². The highest BCUT2D eigenvalue weighted by molar-refractivity contribution is 6.30. The number of amides is 1. The predicted octanol–water partition coefficient (Wildman–Crippen LogP) is 1.95. The second-order valence-electron chi connectivity index (χ2n) is 4.69. The van der Waals surface area contributed by atoms with Crippen molar-refractivity contribution in [3.05, 3.63) is 34.9 Å². The van der Waals surface area contributed by atoms with Gasteiger partial charge in [0.05, 0.1) is 7.11 Å². The lowest BCUT2D eigenvalue weighted by atomic mass is 10.1. The van der Waals surface area contributed by atoms with Gasteiger partial charge in [-0.15, -0.1) is 0 Å². The van der Waals surface area contributed by atoms with Crippen molar-refractivity contribution in [3.8, 4) is 0 Å². The highest BCUT2D eigenvalue weighted by Gasteiger charge is 2.32. The van der Waals surface area contributed by atoms with Crippen molar-refractivity contribution in [2.45, 2.75) is 25.3 Å². The summed E-state index contributed by atoms with van der Waals surface area (Å²) in [6.07, 6.45) is 2.21. The minimum absolute atomic E-state index is 0.0654. The molecule has 2 rings (SSSR count). The molecular weight excluding hydrogens is 266 g/mol. The molecule has 0 heterocycles. The van der Waals surface area contributed by atoms with Gasteiger partial charge in [-0.05, 0) is 30.5 Å². The fraction of sp³-hybridized carbons (Fsp3) is 0.429. The Balaban J connectivity index is 2.02. The van der Waals surface area contributed by atoms with Crippen LogP contribution in [-0.2, 0) is 20.7 Å². The second-order valence-corrected chi connectivity index (χ2v) is 5.13. The highest BCUT2D eigenvalue weighted by atomic mass is 35.5. The van der Waals surface area contributed by atoms with E-state index in [1.807, 2.05) is 12.1 Å². The number of ether oxygens (including phenoxy) is 1. The summed E-state index contributed by atoms with van der Waals surface area (Å²) < 4.78 is 4.73. The van der Waals surface area contributed by atoms with Crippen molar-refractivity contribution in [2.75, 3.05) is 7.11 Å². The van der Waals surface area contributed by atoms with Crippen LogP contribution in [-0.4, -0.2) is 25.0 Å². The Bertz CT molecular complexity index is 468. The Kier molecular flexibility index (Phi) is 4.43. The third-order valence-corrected chi connectivity index (χ3v) is 3.36. The van der Waals surface area contributed by atoms with Gasteiger partial charge in [-0.25, -0.2) is 4.79 Å². The molecule has 1 N–H and O–H groups in total. The molecule has 0 bridgehead atoms. The van der Waals surface area contributed by atoms with Gasteiger partial charge in [-0.3, -0.25) is 4.79 Å². The van der Waals surface area contributed by atoms with E-state index in [1.165, 1.54) is 7.11 Å². The van der Waals surface area contributed by atoms with E-state index < -0.39 is 12.0 Å². The van der Waals surface area contributed by atoms with E-state index in [1.54, 1.807) is 12.1 Å². The Morgan fingerprint density at radius 1 is 1.37 bits per heavy atom. The molecule has 1 fully saturated rings. The third kappa shape index (κ3) is 3.96. The van der Waals surface area contributed by atoms with Crippen LogP contribution in [0.1, 0.15) is 18.4 Å². The van der Waals surface area contributed by atoms with Crippen LogP contribution >= 0.6 is 11.6 Å². The average Bonchev–Trinajstić information content (AvgIpc) is 3.24.